The summed E-state index contributed by atoms with van der Waals surface area (Å²) in [6.45, 7) is 0.736. The molecule has 0 amide bonds. The third-order valence-electron chi connectivity index (χ3n) is 4.16. The molecule has 0 spiro atoms. The zero-order valence-corrected chi connectivity index (χ0v) is 12.7. The number of aromatic nitrogens is 2. The molecular formula is C17H19ClN2O. The molecular weight excluding hydrogens is 284 g/mol. The third kappa shape index (κ3) is 3.53. The van der Waals surface area contributed by atoms with E-state index in [1.165, 1.54) is 32.1 Å². The van der Waals surface area contributed by atoms with E-state index in [2.05, 4.69) is 5.10 Å². The van der Waals surface area contributed by atoms with Crippen molar-refractivity contribution in [3.8, 4) is 11.3 Å². The first kappa shape index (κ1) is 14.3. The number of benzene rings is 1. The lowest BCUT2D eigenvalue weighted by atomic mass is 9.89. The Morgan fingerprint density at radius 1 is 1.05 bits per heavy atom. The van der Waals surface area contributed by atoms with Gasteiger partial charge in [0.05, 0.1) is 5.69 Å². The minimum absolute atomic E-state index is 0.0155. The molecule has 1 saturated carbocycles. The molecule has 0 unspecified atom stereocenters. The molecule has 1 aliphatic carbocycles. The highest BCUT2D eigenvalue weighted by molar-refractivity contribution is 6.30. The molecule has 21 heavy (non-hydrogen) atoms. The summed E-state index contributed by atoms with van der Waals surface area (Å²) < 4.78 is 1.62. The smallest absolute Gasteiger partial charge is 0.266 e. The van der Waals surface area contributed by atoms with Crippen molar-refractivity contribution in [1.82, 2.24) is 9.78 Å². The molecule has 0 bridgehead atoms. The Labute approximate surface area is 129 Å². The van der Waals surface area contributed by atoms with Crippen LogP contribution in [0.4, 0.5) is 0 Å². The second-order valence-corrected chi connectivity index (χ2v) is 6.19. The van der Waals surface area contributed by atoms with Crippen LogP contribution in [0.3, 0.4) is 0 Å². The molecule has 110 valence electrons. The number of hydrogen-bond donors (Lipinski definition) is 0. The molecule has 3 nitrogen and oxygen atoms in total. The van der Waals surface area contributed by atoms with Crippen molar-refractivity contribution in [2.24, 2.45) is 5.92 Å². The highest BCUT2D eigenvalue weighted by atomic mass is 35.5. The van der Waals surface area contributed by atoms with Crippen molar-refractivity contribution >= 4 is 11.6 Å². The first-order valence-corrected chi connectivity index (χ1v) is 7.94. The Kier molecular flexibility index (Phi) is 4.39. The lowest BCUT2D eigenvalue weighted by Gasteiger charge is -2.21. The summed E-state index contributed by atoms with van der Waals surface area (Å²) in [5, 5.41) is 5.23. The van der Waals surface area contributed by atoms with E-state index in [4.69, 9.17) is 11.6 Å². The highest BCUT2D eigenvalue weighted by Crippen LogP contribution is 2.25. The van der Waals surface area contributed by atoms with Crippen LogP contribution in [-0.2, 0) is 6.54 Å². The average molecular weight is 303 g/mol. The van der Waals surface area contributed by atoms with Gasteiger partial charge in [-0.25, -0.2) is 4.68 Å². The Balaban J connectivity index is 1.85. The van der Waals surface area contributed by atoms with Gasteiger partial charge >= 0.3 is 0 Å². The van der Waals surface area contributed by atoms with E-state index >= 15 is 0 Å². The maximum absolute atomic E-state index is 12.0. The molecule has 1 aromatic carbocycles. The van der Waals surface area contributed by atoms with Crippen molar-refractivity contribution in [2.45, 2.75) is 38.6 Å². The van der Waals surface area contributed by atoms with E-state index in [0.717, 1.165) is 17.8 Å². The molecule has 0 atom stereocenters. The van der Waals surface area contributed by atoms with Gasteiger partial charge in [-0.3, -0.25) is 4.79 Å². The summed E-state index contributed by atoms with van der Waals surface area (Å²) in [4.78, 5) is 12.0. The molecule has 1 aliphatic rings. The summed E-state index contributed by atoms with van der Waals surface area (Å²) in [6.07, 6.45) is 6.29. The zero-order chi connectivity index (χ0) is 14.7. The van der Waals surface area contributed by atoms with Crippen molar-refractivity contribution in [1.29, 1.82) is 0 Å². The SMILES string of the molecule is O=c1ccc(-c2ccc(Cl)cc2)nn1CC1CCCCC1. The van der Waals surface area contributed by atoms with Gasteiger partial charge in [0.25, 0.3) is 5.56 Å². The lowest BCUT2D eigenvalue weighted by molar-refractivity contribution is 0.303. The van der Waals surface area contributed by atoms with Crippen LogP contribution in [0.15, 0.2) is 41.2 Å². The van der Waals surface area contributed by atoms with Crippen molar-refractivity contribution in [3.63, 3.8) is 0 Å². The molecule has 0 N–H and O–H groups in total. The third-order valence-corrected chi connectivity index (χ3v) is 4.41. The van der Waals surface area contributed by atoms with E-state index in [1.807, 2.05) is 24.3 Å². The van der Waals surface area contributed by atoms with E-state index in [0.29, 0.717) is 10.9 Å². The normalized spacial score (nSPS) is 16.0. The summed E-state index contributed by atoms with van der Waals surface area (Å²) in [6, 6.07) is 10.9. The van der Waals surface area contributed by atoms with E-state index < -0.39 is 0 Å². The van der Waals surface area contributed by atoms with E-state index in [1.54, 1.807) is 16.8 Å². The van der Waals surface area contributed by atoms with Crippen molar-refractivity contribution < 1.29 is 0 Å². The maximum atomic E-state index is 12.0. The maximum Gasteiger partial charge on any atom is 0.266 e. The van der Waals surface area contributed by atoms with Crippen LogP contribution in [0.5, 0.6) is 0 Å². The molecule has 0 aliphatic heterocycles. The highest BCUT2D eigenvalue weighted by Gasteiger charge is 2.15. The van der Waals surface area contributed by atoms with Crippen LogP contribution in [-0.4, -0.2) is 9.78 Å². The average Bonchev–Trinajstić information content (AvgIpc) is 2.51. The quantitative estimate of drug-likeness (QED) is 0.854. The molecule has 1 fully saturated rings. The Hall–Kier alpha value is -1.61. The zero-order valence-electron chi connectivity index (χ0n) is 12.0. The van der Waals surface area contributed by atoms with Gasteiger partial charge in [0.1, 0.15) is 0 Å². The second kappa shape index (κ2) is 6.44. The first-order chi connectivity index (χ1) is 10.2. The molecule has 4 heteroatoms. The van der Waals surface area contributed by atoms with Crippen LogP contribution in [0.1, 0.15) is 32.1 Å². The van der Waals surface area contributed by atoms with Gasteiger partial charge in [0.15, 0.2) is 0 Å². The Morgan fingerprint density at radius 3 is 2.48 bits per heavy atom. The second-order valence-electron chi connectivity index (χ2n) is 5.75. The van der Waals surface area contributed by atoms with E-state index in [9.17, 15) is 4.79 Å². The molecule has 0 radical (unpaired) electrons. The fourth-order valence-corrected chi connectivity index (χ4v) is 3.09. The number of rotatable bonds is 3. The van der Waals surface area contributed by atoms with Gasteiger partial charge in [-0.05, 0) is 37.0 Å². The van der Waals surface area contributed by atoms with Gasteiger partial charge in [0.2, 0.25) is 0 Å². The van der Waals surface area contributed by atoms with Crippen LogP contribution >= 0.6 is 11.6 Å². The van der Waals surface area contributed by atoms with Crippen LogP contribution in [0.25, 0.3) is 11.3 Å². The number of nitrogens with zero attached hydrogens (tertiary/aromatic N) is 2. The lowest BCUT2D eigenvalue weighted by Crippen LogP contribution is -2.27. The Bertz CT molecular complexity index is 657. The summed E-state index contributed by atoms with van der Waals surface area (Å²) >= 11 is 5.91. The molecule has 2 aromatic rings. The minimum atomic E-state index is -0.0155. The van der Waals surface area contributed by atoms with Gasteiger partial charge in [0, 0.05) is 23.2 Å². The molecule has 1 aromatic heterocycles. The van der Waals surface area contributed by atoms with Gasteiger partial charge < -0.3 is 0 Å². The number of hydrogen-bond acceptors (Lipinski definition) is 2. The monoisotopic (exact) mass is 302 g/mol. The summed E-state index contributed by atoms with van der Waals surface area (Å²) in [5.74, 6) is 0.587. The van der Waals surface area contributed by atoms with Crippen molar-refractivity contribution in [3.05, 3.63) is 51.8 Å². The van der Waals surface area contributed by atoms with Crippen LogP contribution in [0.2, 0.25) is 5.02 Å². The summed E-state index contributed by atoms with van der Waals surface area (Å²) in [7, 11) is 0. The van der Waals surface area contributed by atoms with Gasteiger partial charge in [-0.15, -0.1) is 0 Å². The predicted octanol–water partition coefficient (Wildman–Crippen LogP) is 4.14. The first-order valence-electron chi connectivity index (χ1n) is 7.56. The van der Waals surface area contributed by atoms with Crippen molar-refractivity contribution in [2.75, 3.05) is 0 Å². The van der Waals surface area contributed by atoms with Crippen LogP contribution in [0, 0.1) is 5.92 Å². The predicted molar refractivity (Wildman–Crippen MR) is 85.5 cm³/mol. The van der Waals surface area contributed by atoms with E-state index in [-0.39, 0.29) is 5.56 Å². The molecule has 1 heterocycles. The standard InChI is InChI=1S/C17H19ClN2O/c18-15-8-6-14(7-9-15)16-10-11-17(21)20(19-16)12-13-4-2-1-3-5-13/h6-11,13H,1-5,12H2. The molecule has 0 saturated heterocycles. The largest absolute Gasteiger partial charge is 0.268 e. The Morgan fingerprint density at radius 2 is 1.76 bits per heavy atom. The fraction of sp³-hybridized carbons (Fsp3) is 0.412. The fourth-order valence-electron chi connectivity index (χ4n) is 2.97. The van der Waals surface area contributed by atoms with Gasteiger partial charge in [-0.2, -0.15) is 5.10 Å². The molecule has 3 rings (SSSR count). The minimum Gasteiger partial charge on any atom is -0.268 e. The summed E-state index contributed by atoms with van der Waals surface area (Å²) in [5.41, 5.74) is 1.79. The number of halogens is 1. The topological polar surface area (TPSA) is 34.9 Å². The van der Waals surface area contributed by atoms with Gasteiger partial charge in [-0.1, -0.05) is 43.0 Å². The van der Waals surface area contributed by atoms with Crippen LogP contribution < -0.4 is 5.56 Å².